The van der Waals surface area contributed by atoms with E-state index in [2.05, 4.69) is 17.5 Å². The maximum atomic E-state index is 11.6. The summed E-state index contributed by atoms with van der Waals surface area (Å²) in [5.74, 6) is 1.27. The first-order valence-electron chi connectivity index (χ1n) is 11.2. The van der Waals surface area contributed by atoms with Crippen LogP contribution in [0.2, 0.25) is 0 Å². The van der Waals surface area contributed by atoms with Gasteiger partial charge in [0.15, 0.2) is 11.5 Å². The topological polar surface area (TPSA) is 121 Å². The third-order valence-corrected chi connectivity index (χ3v) is 5.57. The highest BCUT2D eigenvalue weighted by atomic mass is 35.5. The Balaban J connectivity index is 0.000000242. The summed E-state index contributed by atoms with van der Waals surface area (Å²) >= 11 is 5.46. The lowest BCUT2D eigenvalue weighted by Gasteiger charge is -2.27. The lowest BCUT2D eigenvalue weighted by molar-refractivity contribution is 0.191. The van der Waals surface area contributed by atoms with E-state index in [9.17, 15) is 19.6 Å². The number of allylic oxidation sites excluding steroid dienone is 1. The summed E-state index contributed by atoms with van der Waals surface area (Å²) < 4.78 is 10.4. The smallest absolute Gasteiger partial charge is 0.340 e. The van der Waals surface area contributed by atoms with Crippen molar-refractivity contribution in [2.45, 2.75) is 52.5 Å². The number of fused-ring (bicyclic) bond motifs is 1. The van der Waals surface area contributed by atoms with Gasteiger partial charge in [-0.15, -0.1) is 16.5 Å². The fraction of sp³-hybridized carbons (Fsp3) is 0.500. The second-order valence-corrected chi connectivity index (χ2v) is 8.88. The molecule has 0 unspecified atom stereocenters. The normalized spacial score (nSPS) is 17.2. The average molecular weight is 494 g/mol. The molecular weight excluding hydrogens is 462 g/mol. The number of aromatic hydroxyl groups is 1. The van der Waals surface area contributed by atoms with Crippen LogP contribution >= 0.6 is 11.6 Å². The molecular formula is C24H32ClN3O6. The Hall–Kier alpha value is -3.07. The van der Waals surface area contributed by atoms with Gasteiger partial charge in [0.05, 0.1) is 11.8 Å². The number of carbonyl (C=O) groups is 1. The summed E-state index contributed by atoms with van der Waals surface area (Å²) in [7, 11) is 0. The van der Waals surface area contributed by atoms with Crippen molar-refractivity contribution in [3.63, 3.8) is 0 Å². The highest BCUT2D eigenvalue weighted by Gasteiger charge is 2.22. The molecule has 2 N–H and O–H groups in total. The Morgan fingerprint density at radius 3 is 2.62 bits per heavy atom. The van der Waals surface area contributed by atoms with Gasteiger partial charge in [-0.3, -0.25) is 0 Å². The van der Waals surface area contributed by atoms with Crippen molar-refractivity contribution in [1.82, 2.24) is 10.3 Å². The van der Waals surface area contributed by atoms with Crippen molar-refractivity contribution in [2.24, 2.45) is 11.2 Å². The van der Waals surface area contributed by atoms with Crippen LogP contribution in [-0.2, 0) is 0 Å². The number of ether oxygens (including phenoxy) is 1. The summed E-state index contributed by atoms with van der Waals surface area (Å²) in [6.07, 6.45) is 6.08. The molecule has 0 bridgehead atoms. The molecule has 10 heteroatoms. The molecule has 0 spiro atoms. The lowest BCUT2D eigenvalue weighted by atomic mass is 9.87. The van der Waals surface area contributed by atoms with Crippen LogP contribution < -0.4 is 15.7 Å². The number of carbonyl (C=O) groups excluding carboxylic acids is 1. The fourth-order valence-corrected chi connectivity index (χ4v) is 3.57. The van der Waals surface area contributed by atoms with Crippen molar-refractivity contribution in [1.29, 1.82) is 0 Å². The predicted octanol–water partition coefficient (Wildman–Crippen LogP) is 5.34. The second kappa shape index (κ2) is 13.6. The van der Waals surface area contributed by atoms with Crippen LogP contribution in [0, 0.1) is 10.8 Å². The summed E-state index contributed by atoms with van der Waals surface area (Å²) in [5, 5.41) is 16.7. The number of nitrogens with one attached hydrogen (secondary N) is 1. The first-order valence-corrected chi connectivity index (χ1v) is 11.8. The molecule has 1 fully saturated rings. The zero-order valence-electron chi connectivity index (χ0n) is 19.8. The van der Waals surface area contributed by atoms with E-state index in [1.807, 2.05) is 19.9 Å². The van der Waals surface area contributed by atoms with Crippen LogP contribution in [0.15, 0.2) is 50.4 Å². The number of hydrogen-bond donors (Lipinski definition) is 2. The van der Waals surface area contributed by atoms with E-state index in [1.165, 1.54) is 18.2 Å². The third kappa shape index (κ3) is 8.70. The molecule has 0 radical (unpaired) electrons. The number of nitrogens with zero attached hydrogens (tertiary/aromatic N) is 2. The van der Waals surface area contributed by atoms with Crippen LogP contribution in [0.25, 0.3) is 11.0 Å². The summed E-state index contributed by atoms with van der Waals surface area (Å²) in [6.45, 7) is 6.65. The van der Waals surface area contributed by atoms with Gasteiger partial charge >= 0.3 is 11.7 Å². The first-order chi connectivity index (χ1) is 16.2. The number of phenols is 1. The Labute approximate surface area is 203 Å². The van der Waals surface area contributed by atoms with E-state index in [-0.39, 0.29) is 24.2 Å². The van der Waals surface area contributed by atoms with Crippen LogP contribution in [0.1, 0.15) is 46.5 Å². The number of halogens is 1. The zero-order valence-corrected chi connectivity index (χ0v) is 20.5. The Bertz CT molecular complexity index is 1040. The SMILES string of the molecule is CC(C)=CCOc1cc2oc(=O)ccc2cc1O.CC1CCC(NC(=O)N(CCCl)N=O)CC1. The van der Waals surface area contributed by atoms with E-state index in [0.717, 1.165) is 42.2 Å². The van der Waals surface area contributed by atoms with Crippen molar-refractivity contribution >= 4 is 28.6 Å². The van der Waals surface area contributed by atoms with Gasteiger partial charge in [0, 0.05) is 29.4 Å². The van der Waals surface area contributed by atoms with Gasteiger partial charge in [-0.1, -0.05) is 12.5 Å². The van der Waals surface area contributed by atoms with Crippen molar-refractivity contribution in [3.05, 3.63) is 51.2 Å². The molecule has 1 aromatic carbocycles. The molecule has 0 aliphatic heterocycles. The molecule has 1 aliphatic carbocycles. The highest BCUT2D eigenvalue weighted by Crippen LogP contribution is 2.30. The molecule has 2 amide bonds. The Kier molecular flexibility index (Phi) is 10.9. The van der Waals surface area contributed by atoms with E-state index in [1.54, 1.807) is 6.07 Å². The Morgan fingerprint density at radius 1 is 1.29 bits per heavy atom. The van der Waals surface area contributed by atoms with Gasteiger partial charge in [-0.05, 0) is 63.7 Å². The van der Waals surface area contributed by atoms with Gasteiger partial charge in [-0.2, -0.15) is 5.01 Å². The number of rotatable bonds is 7. The van der Waals surface area contributed by atoms with Crippen LogP contribution in [0.5, 0.6) is 11.5 Å². The molecule has 2 aromatic rings. The summed E-state index contributed by atoms with van der Waals surface area (Å²) in [5.41, 5.74) is 1.10. The maximum absolute atomic E-state index is 11.6. The standard InChI is InChI=1S/C14H14O4.C10H18ClN3O2/c1-9(2)5-6-17-13-8-12-10(7-11(13)15)3-4-14(16)18-12;1-8-2-4-9(5-3-8)12-10(15)14(13-16)7-6-11/h3-5,7-8,15H,6H2,1-2H3;8-9H,2-7H2,1H3,(H,12,15). The van der Waals surface area contributed by atoms with E-state index >= 15 is 0 Å². The van der Waals surface area contributed by atoms with Gasteiger partial charge in [0.25, 0.3) is 0 Å². The minimum absolute atomic E-state index is 0.0264. The molecule has 9 nitrogen and oxygen atoms in total. The second-order valence-electron chi connectivity index (χ2n) is 8.50. The third-order valence-electron chi connectivity index (χ3n) is 5.40. The molecule has 34 heavy (non-hydrogen) atoms. The number of amides is 2. The molecule has 1 saturated carbocycles. The molecule has 3 rings (SSSR count). The zero-order chi connectivity index (χ0) is 25.1. The number of phenolic OH excluding ortho intramolecular Hbond substituents is 1. The molecule has 0 atom stereocenters. The van der Waals surface area contributed by atoms with Crippen LogP contribution in [0.4, 0.5) is 4.79 Å². The molecule has 1 heterocycles. The van der Waals surface area contributed by atoms with Gasteiger partial charge < -0.3 is 19.6 Å². The highest BCUT2D eigenvalue weighted by molar-refractivity contribution is 6.18. The van der Waals surface area contributed by atoms with Crippen molar-refractivity contribution < 1.29 is 19.1 Å². The number of benzene rings is 1. The van der Waals surface area contributed by atoms with Crippen LogP contribution in [0.3, 0.4) is 0 Å². The number of urea groups is 1. The summed E-state index contributed by atoms with van der Waals surface area (Å²) in [4.78, 5) is 33.1. The van der Waals surface area contributed by atoms with Crippen LogP contribution in [-0.4, -0.2) is 41.2 Å². The van der Waals surface area contributed by atoms with Gasteiger partial charge in [0.1, 0.15) is 12.2 Å². The molecule has 1 aliphatic rings. The Morgan fingerprint density at radius 2 is 2.00 bits per heavy atom. The fourth-order valence-electron chi connectivity index (χ4n) is 3.41. The minimum atomic E-state index is -0.435. The van der Waals surface area contributed by atoms with E-state index in [4.69, 9.17) is 20.8 Å². The maximum Gasteiger partial charge on any atom is 0.340 e. The van der Waals surface area contributed by atoms with E-state index < -0.39 is 11.7 Å². The predicted molar refractivity (Wildman–Crippen MR) is 132 cm³/mol. The van der Waals surface area contributed by atoms with Crippen molar-refractivity contribution in [3.8, 4) is 11.5 Å². The summed E-state index contributed by atoms with van der Waals surface area (Å²) in [6, 6.07) is 5.67. The number of alkyl halides is 1. The average Bonchev–Trinajstić information content (AvgIpc) is 2.79. The first kappa shape index (κ1) is 27.2. The minimum Gasteiger partial charge on any atom is -0.504 e. The van der Waals surface area contributed by atoms with Gasteiger partial charge in [0.2, 0.25) is 0 Å². The lowest BCUT2D eigenvalue weighted by Crippen LogP contribution is -2.44. The van der Waals surface area contributed by atoms with Crippen molar-refractivity contribution in [2.75, 3.05) is 19.0 Å². The number of nitroso groups, excluding NO2 is 1. The van der Waals surface area contributed by atoms with Gasteiger partial charge in [-0.25, -0.2) is 9.59 Å². The quantitative estimate of drug-likeness (QED) is 0.176. The number of hydrogen-bond acceptors (Lipinski definition) is 7. The largest absolute Gasteiger partial charge is 0.504 e. The monoisotopic (exact) mass is 493 g/mol. The molecule has 186 valence electrons. The van der Waals surface area contributed by atoms with E-state index in [0.29, 0.717) is 23.3 Å². The molecule has 1 aromatic heterocycles. The molecule has 0 saturated heterocycles.